The standard InChI is InChI=1S/C21H23N3O6/c1-27-15-4-6-17(28-2)16(11-15)23-21(26)22-13-9-20(25)24(12-13)14-3-5-18-19(10-14)30-8-7-29-18/h3-6,10-11,13H,7-9,12H2,1-2H3,(H2,22,23,26)/t13-/m0/s1. The van der Waals surface area contributed by atoms with Crippen molar-refractivity contribution in [1.82, 2.24) is 5.32 Å². The zero-order valence-electron chi connectivity index (χ0n) is 16.8. The van der Waals surface area contributed by atoms with E-state index in [1.54, 1.807) is 42.3 Å². The smallest absolute Gasteiger partial charge is 0.319 e. The van der Waals surface area contributed by atoms with Crippen LogP contribution in [0.3, 0.4) is 0 Å². The lowest BCUT2D eigenvalue weighted by atomic mass is 10.2. The quantitative estimate of drug-likeness (QED) is 0.781. The maximum Gasteiger partial charge on any atom is 0.319 e. The van der Waals surface area contributed by atoms with Gasteiger partial charge in [-0.15, -0.1) is 0 Å². The molecular formula is C21H23N3O6. The molecule has 9 heteroatoms. The monoisotopic (exact) mass is 413 g/mol. The topological polar surface area (TPSA) is 98.4 Å². The third-order valence-corrected chi connectivity index (χ3v) is 4.95. The summed E-state index contributed by atoms with van der Waals surface area (Å²) in [5, 5.41) is 5.60. The maximum absolute atomic E-state index is 12.5. The molecular weight excluding hydrogens is 390 g/mol. The Morgan fingerprint density at radius 3 is 2.63 bits per heavy atom. The molecule has 0 saturated carbocycles. The van der Waals surface area contributed by atoms with Crippen LogP contribution in [-0.4, -0.2) is 52.0 Å². The van der Waals surface area contributed by atoms with Gasteiger partial charge in [0.1, 0.15) is 24.7 Å². The number of nitrogens with zero attached hydrogens (tertiary/aromatic N) is 1. The molecule has 0 radical (unpaired) electrons. The van der Waals surface area contributed by atoms with E-state index in [9.17, 15) is 9.59 Å². The van der Waals surface area contributed by atoms with E-state index in [-0.39, 0.29) is 18.4 Å². The maximum atomic E-state index is 12.5. The number of anilines is 2. The van der Waals surface area contributed by atoms with Crippen molar-refractivity contribution in [3.8, 4) is 23.0 Å². The zero-order chi connectivity index (χ0) is 21.1. The highest BCUT2D eigenvalue weighted by Crippen LogP contribution is 2.35. The Hall–Kier alpha value is -3.62. The van der Waals surface area contributed by atoms with Gasteiger partial charge in [0.05, 0.1) is 25.9 Å². The van der Waals surface area contributed by atoms with Gasteiger partial charge in [-0.2, -0.15) is 0 Å². The van der Waals surface area contributed by atoms with Crippen LogP contribution in [0.1, 0.15) is 6.42 Å². The number of hydrogen-bond acceptors (Lipinski definition) is 6. The van der Waals surface area contributed by atoms with E-state index >= 15 is 0 Å². The van der Waals surface area contributed by atoms with Crippen molar-refractivity contribution >= 4 is 23.3 Å². The lowest BCUT2D eigenvalue weighted by molar-refractivity contribution is -0.117. The minimum absolute atomic E-state index is 0.0732. The first kappa shape index (κ1) is 19.7. The van der Waals surface area contributed by atoms with Crippen LogP contribution in [0.5, 0.6) is 23.0 Å². The average Bonchev–Trinajstić information content (AvgIpc) is 3.12. The van der Waals surface area contributed by atoms with Gasteiger partial charge in [0.2, 0.25) is 5.91 Å². The van der Waals surface area contributed by atoms with Gasteiger partial charge in [-0.3, -0.25) is 4.79 Å². The van der Waals surface area contributed by atoms with E-state index in [1.165, 1.54) is 7.11 Å². The summed E-state index contributed by atoms with van der Waals surface area (Å²) in [7, 11) is 3.06. The number of ether oxygens (including phenoxy) is 4. The van der Waals surface area contributed by atoms with Crippen molar-refractivity contribution in [2.24, 2.45) is 0 Å². The number of nitrogens with one attached hydrogen (secondary N) is 2. The molecule has 9 nitrogen and oxygen atoms in total. The number of benzene rings is 2. The van der Waals surface area contributed by atoms with Crippen molar-refractivity contribution in [2.75, 3.05) is 44.2 Å². The predicted molar refractivity (Wildman–Crippen MR) is 110 cm³/mol. The number of hydrogen-bond donors (Lipinski definition) is 2. The molecule has 2 aliphatic heterocycles. The molecule has 2 aromatic carbocycles. The summed E-state index contributed by atoms with van der Waals surface area (Å²) in [6, 6.07) is 9.75. The molecule has 1 fully saturated rings. The molecule has 0 aliphatic carbocycles. The normalized spacial score (nSPS) is 17.5. The molecule has 2 N–H and O–H groups in total. The fraction of sp³-hybridized carbons (Fsp3) is 0.333. The Balaban J connectivity index is 1.41. The van der Waals surface area contributed by atoms with Crippen LogP contribution in [0.4, 0.5) is 16.2 Å². The molecule has 4 rings (SSSR count). The van der Waals surface area contributed by atoms with Gasteiger partial charge in [-0.25, -0.2) is 4.79 Å². The number of rotatable bonds is 5. The fourth-order valence-corrected chi connectivity index (χ4v) is 3.51. The Morgan fingerprint density at radius 1 is 1.07 bits per heavy atom. The molecule has 2 aliphatic rings. The molecule has 0 spiro atoms. The van der Waals surface area contributed by atoms with Gasteiger partial charge < -0.3 is 34.5 Å². The number of carbonyl (C=O) groups is 2. The summed E-state index contributed by atoms with van der Waals surface area (Å²) in [6.45, 7) is 1.35. The fourth-order valence-electron chi connectivity index (χ4n) is 3.51. The Labute approximate surface area is 173 Å². The summed E-state index contributed by atoms with van der Waals surface area (Å²) in [5.41, 5.74) is 1.19. The zero-order valence-corrected chi connectivity index (χ0v) is 16.8. The third-order valence-electron chi connectivity index (χ3n) is 4.95. The SMILES string of the molecule is COc1ccc(OC)c(NC(=O)N[C@H]2CC(=O)N(c3ccc4c(c3)OCCO4)C2)c1. The van der Waals surface area contributed by atoms with Crippen LogP contribution < -0.4 is 34.5 Å². The van der Waals surface area contributed by atoms with E-state index in [0.717, 1.165) is 0 Å². The molecule has 30 heavy (non-hydrogen) atoms. The molecule has 3 amide bonds. The van der Waals surface area contributed by atoms with Crippen LogP contribution in [0.15, 0.2) is 36.4 Å². The second kappa shape index (κ2) is 8.40. The van der Waals surface area contributed by atoms with Crippen molar-refractivity contribution < 1.29 is 28.5 Å². The lowest BCUT2D eigenvalue weighted by Crippen LogP contribution is -2.39. The van der Waals surface area contributed by atoms with Crippen molar-refractivity contribution in [3.05, 3.63) is 36.4 Å². The molecule has 158 valence electrons. The third kappa shape index (κ3) is 4.05. The number of urea groups is 1. The summed E-state index contributed by atoms with van der Waals surface area (Å²) in [4.78, 5) is 26.6. The Kier molecular flexibility index (Phi) is 5.51. The van der Waals surface area contributed by atoms with Gasteiger partial charge in [0.15, 0.2) is 11.5 Å². The highest BCUT2D eigenvalue weighted by Gasteiger charge is 2.32. The first-order chi connectivity index (χ1) is 14.6. The van der Waals surface area contributed by atoms with Gasteiger partial charge in [0.25, 0.3) is 0 Å². The molecule has 0 bridgehead atoms. The van der Waals surface area contributed by atoms with Crippen molar-refractivity contribution in [3.63, 3.8) is 0 Å². The number of amides is 3. The summed E-state index contributed by atoms with van der Waals surface area (Å²) >= 11 is 0. The van der Waals surface area contributed by atoms with Crippen LogP contribution >= 0.6 is 0 Å². The highest BCUT2D eigenvalue weighted by atomic mass is 16.6. The number of fused-ring (bicyclic) bond motifs is 1. The van der Waals surface area contributed by atoms with Crippen molar-refractivity contribution in [1.29, 1.82) is 0 Å². The lowest BCUT2D eigenvalue weighted by Gasteiger charge is -2.22. The number of methoxy groups -OCH3 is 2. The van der Waals surface area contributed by atoms with Crippen LogP contribution in [0, 0.1) is 0 Å². The average molecular weight is 413 g/mol. The summed E-state index contributed by atoms with van der Waals surface area (Å²) < 4.78 is 21.6. The first-order valence-corrected chi connectivity index (χ1v) is 9.57. The van der Waals surface area contributed by atoms with Gasteiger partial charge in [0, 0.05) is 30.8 Å². The van der Waals surface area contributed by atoms with E-state index in [1.807, 2.05) is 6.07 Å². The second-order valence-corrected chi connectivity index (χ2v) is 6.90. The van der Waals surface area contributed by atoms with E-state index in [4.69, 9.17) is 18.9 Å². The van der Waals surface area contributed by atoms with Gasteiger partial charge >= 0.3 is 6.03 Å². The molecule has 1 saturated heterocycles. The number of carbonyl (C=O) groups excluding carboxylic acids is 2. The largest absolute Gasteiger partial charge is 0.497 e. The van der Waals surface area contributed by atoms with Crippen molar-refractivity contribution in [2.45, 2.75) is 12.5 Å². The molecule has 0 unspecified atom stereocenters. The minimum atomic E-state index is -0.427. The molecule has 2 aromatic rings. The van der Waals surface area contributed by atoms with Crippen LogP contribution in [0.2, 0.25) is 0 Å². The van der Waals surface area contributed by atoms with Gasteiger partial charge in [-0.1, -0.05) is 0 Å². The van der Waals surface area contributed by atoms with E-state index in [2.05, 4.69) is 10.6 Å². The highest BCUT2D eigenvalue weighted by molar-refractivity contribution is 5.98. The molecule has 1 atom stereocenters. The van der Waals surface area contributed by atoms with Crippen LogP contribution in [0.25, 0.3) is 0 Å². The Morgan fingerprint density at radius 2 is 1.87 bits per heavy atom. The molecule has 2 heterocycles. The predicted octanol–water partition coefficient (Wildman–Crippen LogP) is 2.40. The summed E-state index contributed by atoms with van der Waals surface area (Å²) in [5.74, 6) is 2.30. The van der Waals surface area contributed by atoms with E-state index in [0.29, 0.717) is 54.1 Å². The Bertz CT molecular complexity index is 964. The minimum Gasteiger partial charge on any atom is -0.497 e. The molecule has 0 aromatic heterocycles. The first-order valence-electron chi connectivity index (χ1n) is 9.57. The summed E-state index contributed by atoms with van der Waals surface area (Å²) in [6.07, 6.45) is 0.205. The van der Waals surface area contributed by atoms with E-state index < -0.39 is 6.03 Å². The van der Waals surface area contributed by atoms with Crippen LogP contribution in [-0.2, 0) is 4.79 Å². The van der Waals surface area contributed by atoms with Gasteiger partial charge in [-0.05, 0) is 24.3 Å². The second-order valence-electron chi connectivity index (χ2n) is 6.90.